The second-order valence-electron chi connectivity index (χ2n) is 8.31. The number of para-hydroxylation sites is 2. The topological polar surface area (TPSA) is 68.8 Å². The van der Waals surface area contributed by atoms with Crippen LogP contribution in [-0.4, -0.2) is 38.4 Å². The Morgan fingerprint density at radius 2 is 1.82 bits per heavy atom. The van der Waals surface area contributed by atoms with Crippen LogP contribution in [-0.2, 0) is 16.0 Å². The highest BCUT2D eigenvalue weighted by Gasteiger charge is 2.16. The first-order valence-electron chi connectivity index (χ1n) is 11.9. The minimum Gasteiger partial charge on any atom is -0.491 e. The summed E-state index contributed by atoms with van der Waals surface area (Å²) in [6.45, 7) is 2.08. The minimum atomic E-state index is -0.147. The van der Waals surface area contributed by atoms with E-state index in [1.54, 1.807) is 0 Å². The molecule has 0 aliphatic carbocycles. The van der Waals surface area contributed by atoms with Gasteiger partial charge in [-0.3, -0.25) is 4.79 Å². The lowest BCUT2D eigenvalue weighted by atomic mass is 10.1. The van der Waals surface area contributed by atoms with Gasteiger partial charge in [0.05, 0.1) is 24.9 Å². The molecule has 1 aliphatic heterocycles. The SMILES string of the molecule is O=C(CNc1cccc(OCC2CCCO2)c1)Nc1ccccc1OCCCc1ccccc1. The number of anilines is 2. The molecule has 0 radical (unpaired) electrons. The molecule has 3 aromatic rings. The highest BCUT2D eigenvalue weighted by atomic mass is 16.5. The maximum Gasteiger partial charge on any atom is 0.243 e. The average molecular weight is 461 g/mol. The highest BCUT2D eigenvalue weighted by Crippen LogP contribution is 2.24. The third kappa shape index (κ3) is 7.52. The quantitative estimate of drug-likeness (QED) is 0.359. The van der Waals surface area contributed by atoms with Gasteiger partial charge in [0.15, 0.2) is 0 Å². The number of carbonyl (C=O) groups excluding carboxylic acids is 1. The lowest BCUT2D eigenvalue weighted by Gasteiger charge is -2.14. The van der Waals surface area contributed by atoms with Gasteiger partial charge in [0.2, 0.25) is 5.91 Å². The van der Waals surface area contributed by atoms with Gasteiger partial charge in [0, 0.05) is 18.4 Å². The molecule has 6 nitrogen and oxygen atoms in total. The van der Waals surface area contributed by atoms with Crippen LogP contribution >= 0.6 is 0 Å². The number of benzene rings is 3. The molecule has 0 bridgehead atoms. The number of hydrogen-bond acceptors (Lipinski definition) is 5. The average Bonchev–Trinajstić information content (AvgIpc) is 3.40. The second kappa shape index (κ2) is 12.7. The molecule has 0 aromatic heterocycles. The summed E-state index contributed by atoms with van der Waals surface area (Å²) in [5, 5.41) is 6.10. The Morgan fingerprint density at radius 3 is 2.68 bits per heavy atom. The van der Waals surface area contributed by atoms with Crippen molar-refractivity contribution in [3.05, 3.63) is 84.4 Å². The molecule has 1 amide bonds. The van der Waals surface area contributed by atoms with Crippen LogP contribution in [0.4, 0.5) is 11.4 Å². The number of nitrogens with one attached hydrogen (secondary N) is 2. The zero-order valence-corrected chi connectivity index (χ0v) is 19.4. The van der Waals surface area contributed by atoms with E-state index in [1.807, 2.05) is 66.7 Å². The van der Waals surface area contributed by atoms with Crippen molar-refractivity contribution >= 4 is 17.3 Å². The fraction of sp³-hybridized carbons (Fsp3) is 0.321. The van der Waals surface area contributed by atoms with Gasteiger partial charge in [-0.15, -0.1) is 0 Å². The first-order chi connectivity index (χ1) is 16.8. The van der Waals surface area contributed by atoms with Crippen molar-refractivity contribution in [3.63, 3.8) is 0 Å². The van der Waals surface area contributed by atoms with Crippen molar-refractivity contribution in [2.45, 2.75) is 31.8 Å². The van der Waals surface area contributed by atoms with Gasteiger partial charge in [-0.1, -0.05) is 48.5 Å². The molecular weight excluding hydrogens is 428 g/mol. The summed E-state index contributed by atoms with van der Waals surface area (Å²) in [5.74, 6) is 1.29. The summed E-state index contributed by atoms with van der Waals surface area (Å²) in [6, 6.07) is 25.5. The molecule has 178 valence electrons. The van der Waals surface area contributed by atoms with E-state index in [0.717, 1.165) is 43.7 Å². The first kappa shape index (κ1) is 23.6. The monoisotopic (exact) mass is 460 g/mol. The Morgan fingerprint density at radius 1 is 0.971 bits per heavy atom. The lowest BCUT2D eigenvalue weighted by molar-refractivity contribution is -0.114. The molecule has 1 heterocycles. The Balaban J connectivity index is 1.22. The third-order valence-electron chi connectivity index (χ3n) is 5.62. The molecule has 1 unspecified atom stereocenters. The second-order valence-corrected chi connectivity index (χ2v) is 8.31. The Kier molecular flexibility index (Phi) is 8.80. The van der Waals surface area contributed by atoms with Crippen LogP contribution in [0.5, 0.6) is 11.5 Å². The van der Waals surface area contributed by atoms with Gasteiger partial charge in [0.25, 0.3) is 0 Å². The van der Waals surface area contributed by atoms with Gasteiger partial charge in [0.1, 0.15) is 18.1 Å². The molecule has 1 saturated heterocycles. The van der Waals surface area contributed by atoms with Crippen molar-refractivity contribution < 1.29 is 19.0 Å². The van der Waals surface area contributed by atoms with E-state index in [9.17, 15) is 4.79 Å². The van der Waals surface area contributed by atoms with Crippen LogP contribution in [0.2, 0.25) is 0 Å². The fourth-order valence-electron chi connectivity index (χ4n) is 3.84. The largest absolute Gasteiger partial charge is 0.491 e. The molecule has 34 heavy (non-hydrogen) atoms. The van der Waals surface area contributed by atoms with Crippen LogP contribution in [0.1, 0.15) is 24.8 Å². The Hall–Kier alpha value is -3.51. The molecule has 3 aromatic carbocycles. The predicted molar refractivity (Wildman–Crippen MR) is 135 cm³/mol. The van der Waals surface area contributed by atoms with Crippen LogP contribution in [0.25, 0.3) is 0 Å². The smallest absolute Gasteiger partial charge is 0.243 e. The molecule has 1 atom stereocenters. The third-order valence-corrected chi connectivity index (χ3v) is 5.62. The zero-order valence-electron chi connectivity index (χ0n) is 19.4. The summed E-state index contributed by atoms with van der Waals surface area (Å²) in [5.41, 5.74) is 2.79. The van der Waals surface area contributed by atoms with E-state index in [4.69, 9.17) is 14.2 Å². The Labute approximate surface area is 201 Å². The summed E-state index contributed by atoms with van der Waals surface area (Å²) in [6.07, 6.45) is 4.15. The summed E-state index contributed by atoms with van der Waals surface area (Å²) in [7, 11) is 0. The van der Waals surface area contributed by atoms with E-state index in [0.29, 0.717) is 24.7 Å². The molecule has 2 N–H and O–H groups in total. The fourth-order valence-corrected chi connectivity index (χ4v) is 3.84. The van der Waals surface area contributed by atoms with Gasteiger partial charge in [-0.2, -0.15) is 0 Å². The van der Waals surface area contributed by atoms with Crippen molar-refractivity contribution in [1.29, 1.82) is 0 Å². The van der Waals surface area contributed by atoms with Crippen LogP contribution in [0.3, 0.4) is 0 Å². The molecule has 6 heteroatoms. The van der Waals surface area contributed by atoms with Gasteiger partial charge < -0.3 is 24.8 Å². The normalized spacial score (nSPS) is 15.0. The number of rotatable bonds is 12. The highest BCUT2D eigenvalue weighted by molar-refractivity contribution is 5.95. The Bertz CT molecular complexity index is 1040. The molecule has 1 aliphatic rings. The van der Waals surface area contributed by atoms with Crippen molar-refractivity contribution in [2.24, 2.45) is 0 Å². The number of aryl methyl sites for hydroxylation is 1. The number of carbonyl (C=O) groups is 1. The zero-order chi connectivity index (χ0) is 23.4. The van der Waals surface area contributed by atoms with Gasteiger partial charge in [-0.05, 0) is 55.5 Å². The first-order valence-corrected chi connectivity index (χ1v) is 11.9. The molecule has 1 fully saturated rings. The number of hydrogen-bond donors (Lipinski definition) is 2. The number of ether oxygens (including phenoxy) is 3. The molecule has 4 rings (SSSR count). The van der Waals surface area contributed by atoms with Crippen molar-refractivity contribution in [2.75, 3.05) is 37.0 Å². The van der Waals surface area contributed by atoms with Crippen molar-refractivity contribution in [1.82, 2.24) is 0 Å². The maximum atomic E-state index is 12.6. The van der Waals surface area contributed by atoms with E-state index < -0.39 is 0 Å². The van der Waals surface area contributed by atoms with Crippen LogP contribution in [0, 0.1) is 0 Å². The van der Waals surface area contributed by atoms with E-state index in [-0.39, 0.29) is 18.6 Å². The number of amides is 1. The summed E-state index contributed by atoms with van der Waals surface area (Å²) in [4.78, 5) is 12.6. The van der Waals surface area contributed by atoms with Crippen LogP contribution in [0.15, 0.2) is 78.9 Å². The molecule has 0 saturated carbocycles. The minimum absolute atomic E-state index is 0.136. The van der Waals surface area contributed by atoms with Gasteiger partial charge in [-0.25, -0.2) is 0 Å². The standard InChI is InChI=1S/C28H32N2O4/c31-28(20-29-23-12-6-13-24(19-23)34-21-25-14-8-17-32-25)30-26-15-4-5-16-27(26)33-18-7-11-22-9-2-1-3-10-22/h1-6,9-10,12-13,15-16,19,25,29H,7-8,11,14,17-18,20-21H2,(H,30,31). The molecular formula is C28H32N2O4. The molecule has 0 spiro atoms. The lowest BCUT2D eigenvalue weighted by Crippen LogP contribution is -2.22. The maximum absolute atomic E-state index is 12.6. The summed E-state index contributed by atoms with van der Waals surface area (Å²) < 4.78 is 17.4. The predicted octanol–water partition coefficient (Wildman–Crippen LogP) is 5.31. The van der Waals surface area contributed by atoms with Gasteiger partial charge >= 0.3 is 0 Å². The van der Waals surface area contributed by atoms with E-state index in [1.165, 1.54) is 5.56 Å². The van der Waals surface area contributed by atoms with E-state index in [2.05, 4.69) is 22.8 Å². The summed E-state index contributed by atoms with van der Waals surface area (Å²) >= 11 is 0. The van der Waals surface area contributed by atoms with Crippen molar-refractivity contribution in [3.8, 4) is 11.5 Å². The van der Waals surface area contributed by atoms with E-state index >= 15 is 0 Å². The van der Waals surface area contributed by atoms with Crippen LogP contribution < -0.4 is 20.1 Å².